The van der Waals surface area contributed by atoms with Crippen LogP contribution in [0.4, 0.5) is 15.0 Å². The monoisotopic (exact) mass is 532 g/mol. The van der Waals surface area contributed by atoms with Crippen molar-refractivity contribution in [1.29, 1.82) is 0 Å². The van der Waals surface area contributed by atoms with E-state index in [4.69, 9.17) is 26.1 Å². The molecule has 2 aromatic rings. The molecule has 0 N–H and O–H groups in total. The molecule has 0 radical (unpaired) electrons. The smallest absolute Gasteiger partial charge is 0.410 e. The third kappa shape index (κ3) is 4.26. The van der Waals surface area contributed by atoms with Gasteiger partial charge in [0.25, 0.3) is 0 Å². The van der Waals surface area contributed by atoms with Crippen molar-refractivity contribution >= 4 is 62.1 Å². The van der Waals surface area contributed by atoms with E-state index in [0.717, 1.165) is 0 Å². The maximum absolute atomic E-state index is 15.1. The Kier molecular flexibility index (Phi) is 6.17. The number of aromatic nitrogens is 2. The Morgan fingerprint density at radius 1 is 1.32 bits per heavy atom. The van der Waals surface area contributed by atoms with Gasteiger partial charge in [-0.25, -0.2) is 19.2 Å². The van der Waals surface area contributed by atoms with Gasteiger partial charge < -0.3 is 19.3 Å². The number of benzene rings is 1. The lowest BCUT2D eigenvalue weighted by atomic mass is 10.1. The maximum atomic E-state index is 15.1. The van der Waals surface area contributed by atoms with Crippen molar-refractivity contribution < 1.29 is 18.7 Å². The standard InChI is InChI=1S/C20H23BrClFN4O3S/c1-20(2,3)30-19(28)26-6-5-10-9-29-16-11-15(14(23)12(21)13(16)22)24-18(31-4)25-17(11)27(10)8-7-26/h10H,5-9H2,1-4H3. The van der Waals surface area contributed by atoms with E-state index in [1.807, 2.05) is 27.0 Å². The minimum Gasteiger partial charge on any atom is -0.489 e. The number of amides is 1. The lowest BCUT2D eigenvalue weighted by molar-refractivity contribution is 0.0261. The van der Waals surface area contributed by atoms with Crippen LogP contribution in [-0.4, -0.2) is 65.1 Å². The van der Waals surface area contributed by atoms with Crippen molar-refractivity contribution in [2.24, 2.45) is 0 Å². The van der Waals surface area contributed by atoms with Crippen LogP contribution >= 0.6 is 39.3 Å². The molecular weight excluding hydrogens is 511 g/mol. The summed E-state index contributed by atoms with van der Waals surface area (Å²) in [6.45, 7) is 7.34. The molecule has 1 aromatic heterocycles. The van der Waals surface area contributed by atoms with Gasteiger partial charge in [0.15, 0.2) is 16.7 Å². The van der Waals surface area contributed by atoms with E-state index in [2.05, 4.69) is 25.8 Å². The molecule has 2 aliphatic heterocycles. The van der Waals surface area contributed by atoms with Crippen LogP contribution in [0, 0.1) is 5.82 Å². The highest BCUT2D eigenvalue weighted by molar-refractivity contribution is 9.10. The second-order valence-electron chi connectivity index (χ2n) is 8.44. The first-order chi connectivity index (χ1) is 14.6. The van der Waals surface area contributed by atoms with E-state index in [-0.39, 0.29) is 27.1 Å². The number of thioether (sulfide) groups is 1. The Labute approximate surface area is 197 Å². The highest BCUT2D eigenvalue weighted by Crippen LogP contribution is 2.46. The van der Waals surface area contributed by atoms with Crippen molar-refractivity contribution in [3.63, 3.8) is 0 Å². The largest absolute Gasteiger partial charge is 0.489 e. The number of hydrogen-bond donors (Lipinski definition) is 0. The fourth-order valence-electron chi connectivity index (χ4n) is 3.77. The summed E-state index contributed by atoms with van der Waals surface area (Å²) in [4.78, 5) is 25.5. The molecule has 4 rings (SSSR count). The number of nitrogens with zero attached hydrogens (tertiary/aromatic N) is 4. The average Bonchev–Trinajstić information content (AvgIpc) is 3.01. The zero-order valence-corrected chi connectivity index (χ0v) is 20.8. The molecule has 0 saturated carbocycles. The highest BCUT2D eigenvalue weighted by atomic mass is 79.9. The minimum atomic E-state index is -0.566. The Morgan fingerprint density at radius 3 is 2.74 bits per heavy atom. The summed E-state index contributed by atoms with van der Waals surface area (Å²) in [5.74, 6) is 0.408. The van der Waals surface area contributed by atoms with E-state index in [0.29, 0.717) is 54.8 Å². The molecule has 7 nitrogen and oxygen atoms in total. The molecule has 0 aliphatic carbocycles. The molecule has 168 valence electrons. The van der Waals surface area contributed by atoms with Gasteiger partial charge in [-0.2, -0.15) is 0 Å². The van der Waals surface area contributed by atoms with Gasteiger partial charge in [0.1, 0.15) is 28.6 Å². The average molecular weight is 534 g/mol. The summed E-state index contributed by atoms with van der Waals surface area (Å²) in [7, 11) is 0. The van der Waals surface area contributed by atoms with Gasteiger partial charge >= 0.3 is 6.09 Å². The van der Waals surface area contributed by atoms with E-state index < -0.39 is 11.4 Å². The van der Waals surface area contributed by atoms with Gasteiger partial charge in [0.05, 0.1) is 15.9 Å². The predicted octanol–water partition coefficient (Wildman–Crippen LogP) is 5.11. The fraction of sp³-hybridized carbons (Fsp3) is 0.550. The van der Waals surface area contributed by atoms with Crippen LogP contribution in [0.2, 0.25) is 5.02 Å². The Hall–Kier alpha value is -1.52. The van der Waals surface area contributed by atoms with Crippen molar-refractivity contribution in [3.8, 4) is 5.75 Å². The Bertz CT molecular complexity index is 1050. The van der Waals surface area contributed by atoms with E-state index >= 15 is 4.39 Å². The molecule has 1 unspecified atom stereocenters. The van der Waals surface area contributed by atoms with Gasteiger partial charge in [-0.15, -0.1) is 0 Å². The highest BCUT2D eigenvalue weighted by Gasteiger charge is 2.35. The number of rotatable bonds is 1. The first-order valence-electron chi connectivity index (χ1n) is 9.90. The second kappa shape index (κ2) is 8.44. The summed E-state index contributed by atoms with van der Waals surface area (Å²) in [6, 6.07) is -0.0643. The van der Waals surface area contributed by atoms with Crippen molar-refractivity contribution in [1.82, 2.24) is 14.9 Å². The molecule has 31 heavy (non-hydrogen) atoms. The van der Waals surface area contributed by atoms with Gasteiger partial charge in [-0.3, -0.25) is 0 Å². The van der Waals surface area contributed by atoms with Gasteiger partial charge in [0.2, 0.25) is 0 Å². The van der Waals surface area contributed by atoms with Crippen LogP contribution in [0.5, 0.6) is 5.75 Å². The molecule has 0 spiro atoms. The van der Waals surface area contributed by atoms with Crippen molar-refractivity contribution in [2.45, 2.75) is 44.0 Å². The second-order valence-corrected chi connectivity index (χ2v) is 10.4. The zero-order valence-electron chi connectivity index (χ0n) is 17.7. The quantitative estimate of drug-likeness (QED) is 0.286. The number of fused-ring (bicyclic) bond motifs is 2. The third-order valence-electron chi connectivity index (χ3n) is 5.20. The molecule has 3 heterocycles. The summed E-state index contributed by atoms with van der Waals surface area (Å²) in [6.07, 6.45) is 2.14. The molecule has 11 heteroatoms. The first-order valence-corrected chi connectivity index (χ1v) is 12.3. The van der Waals surface area contributed by atoms with E-state index in [1.165, 1.54) is 11.8 Å². The number of hydrogen-bond acceptors (Lipinski definition) is 7. The number of ether oxygens (including phenoxy) is 2. The lowest BCUT2D eigenvalue weighted by Crippen LogP contribution is -2.41. The number of carbonyl (C=O) groups is 1. The molecular formula is C20H23BrClFN4O3S. The van der Waals surface area contributed by atoms with Gasteiger partial charge in [0, 0.05) is 19.6 Å². The van der Waals surface area contributed by atoms with Crippen LogP contribution in [0.3, 0.4) is 0 Å². The Balaban J connectivity index is 1.77. The molecule has 0 bridgehead atoms. The summed E-state index contributed by atoms with van der Waals surface area (Å²) < 4.78 is 26.8. The topological polar surface area (TPSA) is 67.8 Å². The summed E-state index contributed by atoms with van der Waals surface area (Å²) in [5, 5.41) is 1.08. The van der Waals surface area contributed by atoms with Crippen molar-refractivity contribution in [3.05, 3.63) is 15.3 Å². The van der Waals surface area contributed by atoms with E-state index in [9.17, 15) is 4.79 Å². The van der Waals surface area contributed by atoms with Crippen LogP contribution in [0.25, 0.3) is 10.9 Å². The zero-order chi connectivity index (χ0) is 22.5. The number of halogens is 3. The fourth-order valence-corrected chi connectivity index (χ4v) is 4.73. The molecule has 1 fully saturated rings. The van der Waals surface area contributed by atoms with Gasteiger partial charge in [-0.1, -0.05) is 23.4 Å². The van der Waals surface area contributed by atoms with Crippen LogP contribution < -0.4 is 9.64 Å². The van der Waals surface area contributed by atoms with Crippen LogP contribution in [0.15, 0.2) is 9.63 Å². The molecule has 1 amide bonds. The lowest BCUT2D eigenvalue weighted by Gasteiger charge is -2.28. The normalized spacial score (nSPS) is 18.9. The molecule has 2 aliphatic rings. The number of anilines is 1. The minimum absolute atomic E-state index is 0.0643. The molecule has 1 aromatic carbocycles. The summed E-state index contributed by atoms with van der Waals surface area (Å²) in [5.41, 5.74) is -0.404. The SMILES string of the molecule is CSc1nc2c3c(c(Cl)c(Br)c(F)c3n1)OCC1CCN(C(=O)OC(C)(C)C)CCN21. The van der Waals surface area contributed by atoms with Crippen LogP contribution in [-0.2, 0) is 4.74 Å². The number of carbonyl (C=O) groups excluding carboxylic acids is 1. The maximum Gasteiger partial charge on any atom is 0.410 e. The summed E-state index contributed by atoms with van der Waals surface area (Å²) >= 11 is 11.0. The third-order valence-corrected chi connectivity index (χ3v) is 7.08. The van der Waals surface area contributed by atoms with E-state index in [1.54, 1.807) is 4.90 Å². The molecule has 1 atom stereocenters. The van der Waals surface area contributed by atoms with Crippen LogP contribution in [0.1, 0.15) is 27.2 Å². The Morgan fingerprint density at radius 2 is 2.06 bits per heavy atom. The predicted molar refractivity (Wildman–Crippen MR) is 123 cm³/mol. The first kappa shape index (κ1) is 22.7. The molecule has 1 saturated heterocycles. The van der Waals surface area contributed by atoms with Gasteiger partial charge in [-0.05, 0) is 49.4 Å². The van der Waals surface area contributed by atoms with Crippen molar-refractivity contribution in [2.75, 3.05) is 37.4 Å².